The van der Waals surface area contributed by atoms with Gasteiger partial charge in [-0.25, -0.2) is 9.67 Å². The van der Waals surface area contributed by atoms with Crippen LogP contribution in [-0.2, 0) is 24.4 Å². The van der Waals surface area contributed by atoms with E-state index in [1.807, 2.05) is 4.68 Å². The first-order chi connectivity index (χ1) is 15.8. The molecular weight excluding hydrogens is 446 g/mol. The van der Waals surface area contributed by atoms with Crippen LogP contribution in [0.5, 0.6) is 5.88 Å². The van der Waals surface area contributed by atoms with E-state index in [1.54, 1.807) is 22.7 Å². The molecule has 0 atom stereocenters. The van der Waals surface area contributed by atoms with Crippen LogP contribution in [0, 0.1) is 0 Å². The number of hydrogen-bond acceptors (Lipinski definition) is 10. The number of aryl methyl sites for hydroxylation is 1. The summed E-state index contributed by atoms with van der Waals surface area (Å²) in [7, 11) is 0. The minimum atomic E-state index is 0.263. The average molecular weight is 472 g/mol. The predicted molar refractivity (Wildman–Crippen MR) is 124 cm³/mol. The van der Waals surface area contributed by atoms with Gasteiger partial charge in [0.05, 0.1) is 25.1 Å². The summed E-state index contributed by atoms with van der Waals surface area (Å²) < 4.78 is 13.5. The minimum Gasteiger partial charge on any atom is -0.469 e. The lowest BCUT2D eigenvalue weighted by Gasteiger charge is -2.25. The van der Waals surface area contributed by atoms with Crippen LogP contribution in [0.3, 0.4) is 0 Å². The second kappa shape index (κ2) is 9.99. The molecule has 0 spiro atoms. The van der Waals surface area contributed by atoms with Crippen LogP contribution in [0.15, 0.2) is 22.9 Å². The average Bonchev–Trinajstić information content (AvgIpc) is 3.57. The number of aromatic nitrogens is 6. The van der Waals surface area contributed by atoms with Gasteiger partial charge in [0.25, 0.3) is 0 Å². The number of nitrogens with zero attached hydrogens (tertiary/aromatic N) is 7. The lowest BCUT2D eigenvalue weighted by molar-refractivity contribution is 0.0330. The van der Waals surface area contributed by atoms with Crippen LogP contribution in [-0.4, -0.2) is 61.4 Å². The number of hydrogen-bond donors (Lipinski definition) is 0. The molecule has 4 aromatic heterocycles. The molecule has 0 radical (unpaired) electrons. The van der Waals surface area contributed by atoms with E-state index in [4.69, 9.17) is 19.4 Å². The quantitative estimate of drug-likeness (QED) is 0.366. The molecule has 1 aliphatic heterocycles. The van der Waals surface area contributed by atoms with Gasteiger partial charge in [0.15, 0.2) is 12.4 Å². The summed E-state index contributed by atoms with van der Waals surface area (Å²) in [5, 5.41) is 17.3. The summed E-state index contributed by atoms with van der Waals surface area (Å²) in [5.74, 6) is 2.06. The first kappa shape index (κ1) is 21.4. The van der Waals surface area contributed by atoms with Crippen molar-refractivity contribution in [3.05, 3.63) is 34.5 Å². The number of thiophene rings is 2. The third-order valence-electron chi connectivity index (χ3n) is 5.37. The third kappa shape index (κ3) is 4.65. The van der Waals surface area contributed by atoms with Gasteiger partial charge in [-0.15, -0.1) is 27.8 Å². The Kier molecular flexibility index (Phi) is 6.67. The standard InChI is InChI=1S/C21H25N7O2S2/c1-2-3-6-28-18(24-25-26-28)13-30-20-19-15(16-5-4-11-31-16)14-32-21(19)23-17(22-20)12-27-7-9-29-10-8-27/h4-5,11,14H,2-3,6-10,12-13H2,1H3. The molecule has 0 N–H and O–H groups in total. The lowest BCUT2D eigenvalue weighted by Crippen LogP contribution is -2.36. The number of ether oxygens (including phenoxy) is 2. The highest BCUT2D eigenvalue weighted by Crippen LogP contribution is 2.40. The van der Waals surface area contributed by atoms with Crippen LogP contribution in [0.2, 0.25) is 0 Å². The van der Waals surface area contributed by atoms with Gasteiger partial charge in [-0.3, -0.25) is 4.90 Å². The largest absolute Gasteiger partial charge is 0.469 e. The van der Waals surface area contributed by atoms with Crippen LogP contribution < -0.4 is 4.74 Å². The van der Waals surface area contributed by atoms with Crippen molar-refractivity contribution in [1.29, 1.82) is 0 Å². The molecule has 4 aromatic rings. The lowest BCUT2D eigenvalue weighted by atomic mass is 10.2. The molecule has 0 aliphatic carbocycles. The summed E-state index contributed by atoms with van der Waals surface area (Å²) in [6, 6.07) is 4.17. The Hall–Kier alpha value is -2.47. The molecule has 0 saturated carbocycles. The minimum absolute atomic E-state index is 0.263. The van der Waals surface area contributed by atoms with Crippen LogP contribution in [0.4, 0.5) is 0 Å². The van der Waals surface area contributed by atoms with Gasteiger partial charge in [0.1, 0.15) is 10.7 Å². The van der Waals surface area contributed by atoms with Crippen LogP contribution in [0.1, 0.15) is 31.4 Å². The highest BCUT2D eigenvalue weighted by atomic mass is 32.1. The number of tetrazole rings is 1. The zero-order valence-electron chi connectivity index (χ0n) is 17.9. The molecule has 0 bridgehead atoms. The Labute approximate surface area is 194 Å². The predicted octanol–water partition coefficient (Wildman–Crippen LogP) is 3.62. The fourth-order valence-electron chi connectivity index (χ4n) is 3.64. The van der Waals surface area contributed by atoms with Crippen molar-refractivity contribution >= 4 is 32.9 Å². The Morgan fingerprint density at radius 3 is 2.91 bits per heavy atom. The Morgan fingerprint density at radius 2 is 2.09 bits per heavy atom. The van der Waals surface area contributed by atoms with Crippen molar-refractivity contribution in [2.75, 3.05) is 26.3 Å². The SMILES string of the molecule is CCCCn1nnnc1COc1nc(CN2CCOCC2)nc2scc(-c3cccs3)c12. The number of unbranched alkanes of at least 4 members (excludes halogenated alkanes) is 1. The first-order valence-electron chi connectivity index (χ1n) is 10.8. The summed E-state index contributed by atoms with van der Waals surface area (Å²) >= 11 is 3.33. The van der Waals surface area contributed by atoms with Crippen molar-refractivity contribution < 1.29 is 9.47 Å². The molecule has 11 heteroatoms. The Morgan fingerprint density at radius 1 is 1.19 bits per heavy atom. The molecule has 1 aliphatic rings. The summed E-state index contributed by atoms with van der Waals surface area (Å²) in [6.07, 6.45) is 2.10. The topological polar surface area (TPSA) is 91.1 Å². The van der Waals surface area contributed by atoms with E-state index < -0.39 is 0 Å². The van der Waals surface area contributed by atoms with E-state index in [2.05, 4.69) is 50.2 Å². The molecule has 0 amide bonds. The summed E-state index contributed by atoms with van der Waals surface area (Å²) in [4.78, 5) is 14.1. The number of fused-ring (bicyclic) bond motifs is 1. The Bertz CT molecular complexity index is 1150. The molecule has 0 aromatic carbocycles. The van der Waals surface area contributed by atoms with E-state index in [9.17, 15) is 0 Å². The van der Waals surface area contributed by atoms with Gasteiger partial charge < -0.3 is 9.47 Å². The van der Waals surface area contributed by atoms with Crippen molar-refractivity contribution in [2.45, 2.75) is 39.5 Å². The van der Waals surface area contributed by atoms with Crippen LogP contribution >= 0.6 is 22.7 Å². The van der Waals surface area contributed by atoms with Crippen molar-refractivity contribution in [1.82, 2.24) is 35.1 Å². The zero-order chi connectivity index (χ0) is 21.8. The van der Waals surface area contributed by atoms with E-state index in [0.29, 0.717) is 18.2 Å². The molecule has 1 saturated heterocycles. The molecule has 1 fully saturated rings. The molecule has 5 heterocycles. The first-order valence-corrected chi connectivity index (χ1v) is 12.6. The monoisotopic (exact) mass is 471 g/mol. The molecule has 9 nitrogen and oxygen atoms in total. The van der Waals surface area contributed by atoms with Crippen LogP contribution in [0.25, 0.3) is 20.7 Å². The van der Waals surface area contributed by atoms with E-state index in [-0.39, 0.29) is 6.61 Å². The number of rotatable bonds is 9. The van der Waals surface area contributed by atoms with Gasteiger partial charge in [0, 0.05) is 35.5 Å². The van der Waals surface area contributed by atoms with Crippen molar-refractivity contribution in [3.8, 4) is 16.3 Å². The smallest absolute Gasteiger partial charge is 0.226 e. The summed E-state index contributed by atoms with van der Waals surface area (Å²) in [5.41, 5.74) is 1.11. The number of morpholine rings is 1. The third-order valence-corrected chi connectivity index (χ3v) is 7.14. The van der Waals surface area contributed by atoms with Gasteiger partial charge in [-0.2, -0.15) is 4.98 Å². The van der Waals surface area contributed by atoms with Crippen molar-refractivity contribution in [2.24, 2.45) is 0 Å². The summed E-state index contributed by atoms with van der Waals surface area (Å²) in [6.45, 7) is 7.12. The molecule has 168 valence electrons. The maximum absolute atomic E-state index is 6.26. The second-order valence-electron chi connectivity index (χ2n) is 7.60. The normalized spacial score (nSPS) is 14.9. The van der Waals surface area contributed by atoms with Gasteiger partial charge >= 0.3 is 0 Å². The van der Waals surface area contributed by atoms with E-state index in [1.165, 1.54) is 4.88 Å². The van der Waals surface area contributed by atoms with Gasteiger partial charge in [-0.1, -0.05) is 19.4 Å². The highest BCUT2D eigenvalue weighted by Gasteiger charge is 2.20. The van der Waals surface area contributed by atoms with Gasteiger partial charge in [0.2, 0.25) is 5.88 Å². The fraction of sp³-hybridized carbons (Fsp3) is 0.476. The van der Waals surface area contributed by atoms with Crippen molar-refractivity contribution in [3.63, 3.8) is 0 Å². The van der Waals surface area contributed by atoms with Gasteiger partial charge in [-0.05, 0) is 28.3 Å². The maximum Gasteiger partial charge on any atom is 0.226 e. The molecule has 32 heavy (non-hydrogen) atoms. The maximum atomic E-state index is 6.26. The molecule has 5 rings (SSSR count). The molecule has 0 unspecified atom stereocenters. The zero-order valence-corrected chi connectivity index (χ0v) is 19.6. The molecular formula is C21H25N7O2S2. The second-order valence-corrected chi connectivity index (χ2v) is 9.41. The highest BCUT2D eigenvalue weighted by molar-refractivity contribution is 7.18. The van der Waals surface area contributed by atoms with E-state index in [0.717, 1.165) is 67.3 Å². The fourth-order valence-corrected chi connectivity index (χ4v) is 5.41. The van der Waals surface area contributed by atoms with E-state index >= 15 is 0 Å². The Balaban J connectivity index is 1.46.